The van der Waals surface area contributed by atoms with Crippen molar-refractivity contribution in [3.63, 3.8) is 0 Å². The molecular formula is C22H23N4O5. The summed E-state index contributed by atoms with van der Waals surface area (Å²) in [5.74, 6) is -2.20. The van der Waals surface area contributed by atoms with Crippen molar-refractivity contribution < 1.29 is 23.9 Å². The van der Waals surface area contributed by atoms with Crippen LogP contribution in [0, 0.1) is 0 Å². The Hall–Kier alpha value is -3.88. The molecule has 5 amide bonds. The highest BCUT2D eigenvalue weighted by Crippen LogP contribution is 2.20. The third kappa shape index (κ3) is 5.19. The molecule has 161 valence electrons. The van der Waals surface area contributed by atoms with Gasteiger partial charge in [0.25, 0.3) is 5.91 Å². The van der Waals surface area contributed by atoms with Gasteiger partial charge in [0.2, 0.25) is 0 Å². The molecule has 31 heavy (non-hydrogen) atoms. The average molecular weight is 423 g/mol. The Labute approximate surface area is 179 Å². The van der Waals surface area contributed by atoms with Gasteiger partial charge in [0.1, 0.15) is 18.4 Å². The number of piperazine rings is 1. The van der Waals surface area contributed by atoms with Crippen LogP contribution in [0.2, 0.25) is 0 Å². The fraction of sp³-hybridized carbons (Fsp3) is 0.273. The zero-order valence-corrected chi connectivity index (χ0v) is 17.0. The molecule has 9 heteroatoms. The van der Waals surface area contributed by atoms with Gasteiger partial charge in [-0.2, -0.15) is 0 Å². The van der Waals surface area contributed by atoms with Crippen molar-refractivity contribution in [3.8, 4) is 5.75 Å². The average Bonchev–Trinajstić information content (AvgIpc) is 2.78. The van der Waals surface area contributed by atoms with Gasteiger partial charge in [0, 0.05) is 19.6 Å². The first-order chi connectivity index (χ1) is 14.9. The molecule has 0 aliphatic carbocycles. The fourth-order valence-corrected chi connectivity index (χ4v) is 3.17. The number of ether oxygens (including phenoxy) is 1. The van der Waals surface area contributed by atoms with E-state index in [2.05, 4.69) is 5.32 Å². The largest absolute Gasteiger partial charge is 0.489 e. The second-order valence-corrected chi connectivity index (χ2v) is 6.93. The molecule has 0 bridgehead atoms. The first-order valence-electron chi connectivity index (χ1n) is 9.84. The van der Waals surface area contributed by atoms with Crippen molar-refractivity contribution in [1.82, 2.24) is 20.9 Å². The fourth-order valence-electron chi connectivity index (χ4n) is 3.17. The minimum absolute atomic E-state index is 0.0232. The summed E-state index contributed by atoms with van der Waals surface area (Å²) in [6.07, 6.45) is 0. The molecule has 1 radical (unpaired) electrons. The zero-order valence-electron chi connectivity index (χ0n) is 17.0. The van der Waals surface area contributed by atoms with Crippen LogP contribution in [0.3, 0.4) is 0 Å². The van der Waals surface area contributed by atoms with Crippen molar-refractivity contribution in [3.05, 3.63) is 65.7 Å². The van der Waals surface area contributed by atoms with Crippen molar-refractivity contribution in [2.24, 2.45) is 0 Å². The molecule has 2 N–H and O–H groups in total. The third-order valence-electron chi connectivity index (χ3n) is 4.93. The Morgan fingerprint density at radius 3 is 2.32 bits per heavy atom. The van der Waals surface area contributed by atoms with E-state index in [0.29, 0.717) is 24.5 Å². The molecular weight excluding hydrogens is 400 g/mol. The minimum Gasteiger partial charge on any atom is -0.489 e. The van der Waals surface area contributed by atoms with Crippen LogP contribution in [0.15, 0.2) is 54.6 Å². The number of imide groups is 1. The van der Waals surface area contributed by atoms with Gasteiger partial charge in [0.05, 0.1) is 0 Å². The summed E-state index contributed by atoms with van der Waals surface area (Å²) in [7, 11) is 0. The lowest BCUT2D eigenvalue weighted by molar-refractivity contribution is -0.153. The highest BCUT2D eigenvalue weighted by Gasteiger charge is 2.36. The van der Waals surface area contributed by atoms with Crippen LogP contribution in [-0.2, 0) is 21.0 Å². The Balaban J connectivity index is 1.65. The maximum absolute atomic E-state index is 12.5. The van der Waals surface area contributed by atoms with E-state index in [-0.39, 0.29) is 13.1 Å². The summed E-state index contributed by atoms with van der Waals surface area (Å²) in [5.41, 5.74) is 8.88. The van der Waals surface area contributed by atoms with E-state index in [9.17, 15) is 19.2 Å². The van der Waals surface area contributed by atoms with Crippen LogP contribution in [-0.4, -0.2) is 53.2 Å². The molecule has 9 nitrogen and oxygen atoms in total. The van der Waals surface area contributed by atoms with E-state index in [0.717, 1.165) is 10.5 Å². The van der Waals surface area contributed by atoms with Crippen molar-refractivity contribution in [2.75, 3.05) is 19.6 Å². The van der Waals surface area contributed by atoms with Gasteiger partial charge in [-0.05, 0) is 30.2 Å². The van der Waals surface area contributed by atoms with E-state index in [4.69, 9.17) is 10.5 Å². The zero-order chi connectivity index (χ0) is 22.4. The van der Waals surface area contributed by atoms with Gasteiger partial charge >= 0.3 is 17.8 Å². The lowest BCUT2D eigenvalue weighted by Crippen LogP contribution is -2.58. The van der Waals surface area contributed by atoms with Crippen molar-refractivity contribution in [2.45, 2.75) is 19.6 Å². The Morgan fingerprint density at radius 1 is 1.03 bits per heavy atom. The summed E-state index contributed by atoms with van der Waals surface area (Å²) in [4.78, 5) is 50.7. The first-order valence-corrected chi connectivity index (χ1v) is 9.84. The van der Waals surface area contributed by atoms with E-state index >= 15 is 0 Å². The number of urea groups is 1. The number of hydrogen-bond donors (Lipinski definition) is 1. The molecule has 3 rings (SSSR count). The smallest absolute Gasteiger partial charge is 0.325 e. The van der Waals surface area contributed by atoms with Gasteiger partial charge in [0.15, 0.2) is 0 Å². The number of nitrogens with zero attached hydrogens (tertiary/aromatic N) is 2. The lowest BCUT2D eigenvalue weighted by atomic mass is 10.1. The Kier molecular flexibility index (Phi) is 6.86. The molecule has 1 aliphatic rings. The summed E-state index contributed by atoms with van der Waals surface area (Å²) in [6.45, 7) is 2.73. The Morgan fingerprint density at radius 2 is 1.71 bits per heavy atom. The minimum atomic E-state index is -1.28. The van der Waals surface area contributed by atoms with Crippen LogP contribution in [0.4, 0.5) is 4.79 Å². The van der Waals surface area contributed by atoms with Crippen LogP contribution >= 0.6 is 0 Å². The maximum atomic E-state index is 12.5. The summed E-state index contributed by atoms with van der Waals surface area (Å²) in [5, 5.41) is 2.38. The monoisotopic (exact) mass is 423 g/mol. The molecule has 1 saturated heterocycles. The van der Waals surface area contributed by atoms with Crippen LogP contribution in [0.1, 0.15) is 24.1 Å². The molecule has 1 fully saturated rings. The third-order valence-corrected chi connectivity index (χ3v) is 4.93. The molecule has 2 aromatic rings. The summed E-state index contributed by atoms with van der Waals surface area (Å²) in [6, 6.07) is 13.9. The number of benzene rings is 2. The highest BCUT2D eigenvalue weighted by atomic mass is 16.5. The SMILES string of the molecule is CCN1CCN(C(=O)NC(C([NH])=O)c2ccc(OCc3ccccc3)cc2)C(=O)C1=O. The second kappa shape index (κ2) is 9.75. The normalized spacial score (nSPS) is 14.9. The number of hydrogen-bond acceptors (Lipinski definition) is 5. The lowest BCUT2D eigenvalue weighted by Gasteiger charge is -2.32. The van der Waals surface area contributed by atoms with Crippen LogP contribution < -0.4 is 15.8 Å². The van der Waals surface area contributed by atoms with Gasteiger partial charge in [-0.1, -0.05) is 42.5 Å². The van der Waals surface area contributed by atoms with Gasteiger partial charge in [-0.15, -0.1) is 0 Å². The van der Waals surface area contributed by atoms with Gasteiger partial charge in [-0.3, -0.25) is 25.0 Å². The molecule has 1 atom stereocenters. The van der Waals surface area contributed by atoms with Crippen molar-refractivity contribution >= 4 is 23.8 Å². The molecule has 0 aromatic heterocycles. The number of nitrogens with one attached hydrogen (secondary N) is 2. The molecule has 0 spiro atoms. The Bertz CT molecular complexity index is 962. The van der Waals surface area contributed by atoms with Gasteiger partial charge in [-0.25, -0.2) is 4.79 Å². The first kappa shape index (κ1) is 21.8. The molecule has 1 unspecified atom stereocenters. The number of likely N-dealkylation sites (N-methyl/N-ethyl adjacent to an activating group) is 1. The van der Waals surface area contributed by atoms with E-state index in [1.807, 2.05) is 30.3 Å². The topological polar surface area (TPSA) is 120 Å². The summed E-state index contributed by atoms with van der Waals surface area (Å²) >= 11 is 0. The maximum Gasteiger partial charge on any atom is 0.325 e. The number of amides is 5. The summed E-state index contributed by atoms with van der Waals surface area (Å²) < 4.78 is 5.70. The standard InChI is InChI=1S/C22H23N4O5/c1-2-25-12-13-26(21(29)20(25)28)22(30)24-18(19(23)27)16-8-10-17(11-9-16)31-14-15-6-4-3-5-7-15/h3-11,18,23H,2,12-14H2,1H3,(H,24,30). The predicted molar refractivity (Wildman–Crippen MR) is 111 cm³/mol. The molecule has 1 heterocycles. The van der Waals surface area contributed by atoms with E-state index in [1.165, 1.54) is 4.90 Å². The molecule has 2 aromatic carbocycles. The van der Waals surface area contributed by atoms with E-state index in [1.54, 1.807) is 31.2 Å². The quantitative estimate of drug-likeness (QED) is 0.677. The van der Waals surface area contributed by atoms with Crippen molar-refractivity contribution in [1.29, 1.82) is 0 Å². The second-order valence-electron chi connectivity index (χ2n) is 6.93. The van der Waals surface area contributed by atoms with Crippen LogP contribution in [0.25, 0.3) is 0 Å². The van der Waals surface area contributed by atoms with Gasteiger partial charge < -0.3 is 15.0 Å². The van der Waals surface area contributed by atoms with E-state index < -0.39 is 29.8 Å². The molecule has 1 aliphatic heterocycles. The predicted octanol–water partition coefficient (Wildman–Crippen LogP) is 1.52. The highest BCUT2D eigenvalue weighted by molar-refractivity contribution is 6.38. The molecule has 0 saturated carbocycles. The number of carbonyl (C=O) groups excluding carboxylic acids is 4. The van der Waals surface area contributed by atoms with Crippen LogP contribution in [0.5, 0.6) is 5.75 Å². The number of carbonyl (C=O) groups is 4. The number of rotatable bonds is 7.